The maximum atomic E-state index is 12.2. The van der Waals surface area contributed by atoms with Gasteiger partial charge in [0.15, 0.2) is 0 Å². The van der Waals surface area contributed by atoms with Crippen LogP contribution in [0.5, 0.6) is 0 Å². The van der Waals surface area contributed by atoms with Crippen molar-refractivity contribution in [2.75, 3.05) is 4.90 Å². The quantitative estimate of drug-likeness (QED) is 0.923. The number of hydrogen-bond acceptors (Lipinski definition) is 3. The first-order valence-corrected chi connectivity index (χ1v) is 7.28. The Hall–Kier alpha value is -1.17. The highest BCUT2D eigenvalue weighted by Gasteiger charge is 2.34. The lowest BCUT2D eigenvalue weighted by Gasteiger charge is -2.16. The van der Waals surface area contributed by atoms with Gasteiger partial charge in [0.2, 0.25) is 5.91 Å². The van der Waals surface area contributed by atoms with Crippen molar-refractivity contribution < 1.29 is 4.79 Å². The van der Waals surface area contributed by atoms with E-state index in [1.807, 2.05) is 29.6 Å². The van der Waals surface area contributed by atoms with Crippen molar-refractivity contribution in [3.8, 4) is 0 Å². The zero-order valence-corrected chi connectivity index (χ0v) is 11.9. The molecular formula is C13H11BrN2OS. The SMILES string of the molecule is NC1C(=O)N(Cc2ccsc2)c2ccc(Br)cc21. The monoisotopic (exact) mass is 322 g/mol. The summed E-state index contributed by atoms with van der Waals surface area (Å²) in [5.74, 6) is -0.0331. The van der Waals surface area contributed by atoms with Gasteiger partial charge in [-0.05, 0) is 40.6 Å². The molecule has 0 spiro atoms. The van der Waals surface area contributed by atoms with E-state index in [1.165, 1.54) is 0 Å². The molecule has 1 aromatic heterocycles. The molecule has 1 unspecified atom stereocenters. The molecule has 1 aromatic carbocycles. The van der Waals surface area contributed by atoms with Crippen LogP contribution in [-0.2, 0) is 11.3 Å². The molecule has 1 aliphatic heterocycles. The van der Waals surface area contributed by atoms with Gasteiger partial charge in [0.25, 0.3) is 0 Å². The Morgan fingerprint density at radius 3 is 2.94 bits per heavy atom. The summed E-state index contributed by atoms with van der Waals surface area (Å²) in [6.45, 7) is 0.588. The molecule has 0 bridgehead atoms. The predicted molar refractivity (Wildman–Crippen MR) is 76.6 cm³/mol. The maximum absolute atomic E-state index is 12.2. The highest BCUT2D eigenvalue weighted by molar-refractivity contribution is 9.10. The largest absolute Gasteiger partial charge is 0.316 e. The molecule has 0 radical (unpaired) electrons. The number of thiophene rings is 1. The predicted octanol–water partition coefficient (Wildman–Crippen LogP) is 3.06. The summed E-state index contributed by atoms with van der Waals surface area (Å²) in [5, 5.41) is 4.06. The fourth-order valence-corrected chi connectivity index (χ4v) is 3.21. The van der Waals surface area contributed by atoms with Crippen molar-refractivity contribution in [3.05, 3.63) is 50.6 Å². The second-order valence-corrected chi connectivity index (χ2v) is 5.93. The molecule has 0 saturated carbocycles. The second-order valence-electron chi connectivity index (χ2n) is 4.24. The molecule has 2 N–H and O–H groups in total. The average Bonchev–Trinajstić information content (AvgIpc) is 2.94. The molecule has 1 amide bonds. The summed E-state index contributed by atoms with van der Waals surface area (Å²) in [5.41, 5.74) is 8.92. The van der Waals surface area contributed by atoms with E-state index in [4.69, 9.17) is 5.73 Å². The van der Waals surface area contributed by atoms with Crippen molar-refractivity contribution in [2.24, 2.45) is 5.73 Å². The number of fused-ring (bicyclic) bond motifs is 1. The Bertz CT molecular complexity index is 597. The van der Waals surface area contributed by atoms with Crippen molar-refractivity contribution in [1.29, 1.82) is 0 Å². The molecule has 2 heterocycles. The topological polar surface area (TPSA) is 46.3 Å². The minimum Gasteiger partial charge on any atom is -0.316 e. The smallest absolute Gasteiger partial charge is 0.248 e. The lowest BCUT2D eigenvalue weighted by atomic mass is 10.1. The number of amides is 1. The van der Waals surface area contributed by atoms with Gasteiger partial charge in [-0.25, -0.2) is 0 Å². The summed E-state index contributed by atoms with van der Waals surface area (Å²) >= 11 is 5.04. The Labute approximate surface area is 117 Å². The number of nitrogens with zero attached hydrogens (tertiary/aromatic N) is 1. The summed E-state index contributed by atoms with van der Waals surface area (Å²) in [6.07, 6.45) is 0. The van der Waals surface area contributed by atoms with E-state index in [1.54, 1.807) is 16.2 Å². The van der Waals surface area contributed by atoms with Crippen LogP contribution in [0, 0.1) is 0 Å². The lowest BCUT2D eigenvalue weighted by molar-refractivity contribution is -0.119. The minimum absolute atomic E-state index is 0.0331. The van der Waals surface area contributed by atoms with Crippen molar-refractivity contribution in [2.45, 2.75) is 12.6 Å². The molecule has 0 fully saturated rings. The summed E-state index contributed by atoms with van der Waals surface area (Å²) < 4.78 is 0.946. The Morgan fingerprint density at radius 2 is 2.22 bits per heavy atom. The van der Waals surface area contributed by atoms with Crippen molar-refractivity contribution in [3.63, 3.8) is 0 Å². The van der Waals surface area contributed by atoms with Gasteiger partial charge in [-0.3, -0.25) is 4.79 Å². The van der Waals surface area contributed by atoms with E-state index in [-0.39, 0.29) is 5.91 Å². The van der Waals surface area contributed by atoms with Gasteiger partial charge in [-0.1, -0.05) is 15.9 Å². The van der Waals surface area contributed by atoms with Gasteiger partial charge in [-0.15, -0.1) is 0 Å². The number of carbonyl (C=O) groups excluding carboxylic acids is 1. The maximum Gasteiger partial charge on any atom is 0.248 e. The molecule has 1 atom stereocenters. The summed E-state index contributed by atoms with van der Waals surface area (Å²) in [4.78, 5) is 13.9. The van der Waals surface area contributed by atoms with Crippen LogP contribution in [0.15, 0.2) is 39.5 Å². The van der Waals surface area contributed by atoms with E-state index in [9.17, 15) is 4.79 Å². The van der Waals surface area contributed by atoms with Crippen LogP contribution in [0.1, 0.15) is 17.2 Å². The summed E-state index contributed by atoms with van der Waals surface area (Å²) in [7, 11) is 0. The third-order valence-corrected chi connectivity index (χ3v) is 4.29. The molecule has 92 valence electrons. The zero-order chi connectivity index (χ0) is 12.7. The van der Waals surface area contributed by atoms with Crippen LogP contribution in [0.25, 0.3) is 0 Å². The van der Waals surface area contributed by atoms with E-state index in [0.717, 1.165) is 21.3 Å². The van der Waals surface area contributed by atoms with Gasteiger partial charge in [0.05, 0.1) is 6.54 Å². The van der Waals surface area contributed by atoms with Gasteiger partial charge in [0, 0.05) is 15.7 Å². The summed E-state index contributed by atoms with van der Waals surface area (Å²) in [6, 6.07) is 7.28. The molecule has 18 heavy (non-hydrogen) atoms. The zero-order valence-electron chi connectivity index (χ0n) is 9.47. The number of anilines is 1. The molecule has 2 aromatic rings. The third kappa shape index (κ3) is 1.88. The Morgan fingerprint density at radius 1 is 1.39 bits per heavy atom. The van der Waals surface area contributed by atoms with Crippen LogP contribution in [-0.4, -0.2) is 5.91 Å². The van der Waals surface area contributed by atoms with Crippen molar-refractivity contribution in [1.82, 2.24) is 0 Å². The lowest BCUT2D eigenvalue weighted by Crippen LogP contribution is -2.31. The minimum atomic E-state index is -0.545. The van der Waals surface area contributed by atoms with E-state index >= 15 is 0 Å². The number of halogens is 1. The Kier molecular flexibility index (Phi) is 2.97. The fourth-order valence-electron chi connectivity index (χ4n) is 2.17. The van der Waals surface area contributed by atoms with Crippen LogP contribution < -0.4 is 10.6 Å². The second kappa shape index (κ2) is 4.50. The van der Waals surface area contributed by atoms with Gasteiger partial charge >= 0.3 is 0 Å². The molecule has 3 rings (SSSR count). The number of carbonyl (C=O) groups is 1. The molecule has 0 saturated heterocycles. The van der Waals surface area contributed by atoms with Crippen LogP contribution in [0.2, 0.25) is 0 Å². The Balaban J connectivity index is 1.99. The molecule has 3 nitrogen and oxygen atoms in total. The van der Waals surface area contributed by atoms with Crippen LogP contribution in [0.3, 0.4) is 0 Å². The molecule has 5 heteroatoms. The number of rotatable bonds is 2. The van der Waals surface area contributed by atoms with Gasteiger partial charge < -0.3 is 10.6 Å². The third-order valence-electron chi connectivity index (χ3n) is 3.07. The first-order valence-electron chi connectivity index (χ1n) is 5.54. The van der Waals surface area contributed by atoms with E-state index < -0.39 is 6.04 Å². The molecule has 0 aliphatic carbocycles. The van der Waals surface area contributed by atoms with Crippen LogP contribution in [0.4, 0.5) is 5.69 Å². The number of benzene rings is 1. The van der Waals surface area contributed by atoms with Gasteiger partial charge in [-0.2, -0.15) is 11.3 Å². The standard InChI is InChI=1S/C13H11BrN2OS/c14-9-1-2-11-10(5-9)12(15)13(17)16(11)6-8-3-4-18-7-8/h1-5,7,12H,6,15H2. The van der Waals surface area contributed by atoms with Crippen molar-refractivity contribution >= 4 is 38.9 Å². The molecule has 1 aliphatic rings. The highest BCUT2D eigenvalue weighted by atomic mass is 79.9. The first kappa shape index (κ1) is 11.9. The number of nitrogens with two attached hydrogens (primary N) is 1. The normalized spacial score (nSPS) is 18.2. The highest BCUT2D eigenvalue weighted by Crippen LogP contribution is 2.37. The first-order chi connectivity index (χ1) is 8.66. The van der Waals surface area contributed by atoms with Gasteiger partial charge in [0.1, 0.15) is 6.04 Å². The molecular weight excluding hydrogens is 312 g/mol. The average molecular weight is 323 g/mol. The van der Waals surface area contributed by atoms with E-state index in [2.05, 4.69) is 21.3 Å². The van der Waals surface area contributed by atoms with E-state index in [0.29, 0.717) is 6.54 Å². The number of hydrogen-bond donors (Lipinski definition) is 1. The van der Waals surface area contributed by atoms with Crippen LogP contribution >= 0.6 is 27.3 Å². The fraction of sp³-hybridized carbons (Fsp3) is 0.154.